The quantitative estimate of drug-likeness (QED) is 0.514. The van der Waals surface area contributed by atoms with Crippen LogP contribution in [0.1, 0.15) is 26.2 Å². The van der Waals surface area contributed by atoms with E-state index in [1.165, 1.54) is 0 Å². The highest BCUT2D eigenvalue weighted by atomic mass is 16.6. The number of rotatable bonds is 4. The van der Waals surface area contributed by atoms with Gasteiger partial charge in [-0.05, 0) is 12.8 Å². The lowest BCUT2D eigenvalue weighted by molar-refractivity contribution is -0.128. The molecule has 1 atom stereocenters. The maximum Gasteiger partial charge on any atom is 0.416 e. The summed E-state index contributed by atoms with van der Waals surface area (Å²) in [7, 11) is 5.55. The molecule has 1 saturated heterocycles. The van der Waals surface area contributed by atoms with Crippen LogP contribution in [0.25, 0.3) is 0 Å². The van der Waals surface area contributed by atoms with Gasteiger partial charge in [0.15, 0.2) is 0 Å². The fourth-order valence-electron chi connectivity index (χ4n) is 1.30. The lowest BCUT2D eigenvalue weighted by Crippen LogP contribution is -2.39. The second-order valence-electron chi connectivity index (χ2n) is 3.51. The zero-order chi connectivity index (χ0) is 11.4. The molecular weight excluding hydrogens is 193 g/mol. The number of amides is 2. The Labute approximate surface area is 90.7 Å². The van der Waals surface area contributed by atoms with Crippen LogP contribution in [0.4, 0.5) is 4.79 Å². The van der Waals surface area contributed by atoms with Crippen LogP contribution in [0.15, 0.2) is 12.2 Å². The summed E-state index contributed by atoms with van der Waals surface area (Å²) < 4.78 is 4.65. The molecule has 15 heavy (non-hydrogen) atoms. The van der Waals surface area contributed by atoms with E-state index in [2.05, 4.69) is 11.3 Å². The molecular formula is C10H14BNO3. The third-order valence-electron chi connectivity index (χ3n) is 2.37. The first kappa shape index (κ1) is 11.8. The molecule has 0 N–H and O–H groups in total. The average Bonchev–Trinajstić information content (AvgIpc) is 2.54. The minimum absolute atomic E-state index is 0.0826. The Bertz CT molecular complexity index is 290. The fourth-order valence-corrected chi connectivity index (χ4v) is 1.30. The van der Waals surface area contributed by atoms with Gasteiger partial charge in [-0.3, -0.25) is 9.69 Å². The topological polar surface area (TPSA) is 46.6 Å². The molecule has 1 heterocycles. The Balaban J connectivity index is 2.46. The highest BCUT2D eigenvalue weighted by Crippen LogP contribution is 2.14. The van der Waals surface area contributed by atoms with Gasteiger partial charge >= 0.3 is 6.09 Å². The molecule has 1 fully saturated rings. The van der Waals surface area contributed by atoms with Gasteiger partial charge in [0.2, 0.25) is 5.91 Å². The van der Waals surface area contributed by atoms with Crippen molar-refractivity contribution in [3.8, 4) is 0 Å². The molecule has 1 rings (SSSR count). The van der Waals surface area contributed by atoms with Gasteiger partial charge in [-0.15, -0.1) is 0 Å². The molecule has 0 aliphatic carbocycles. The van der Waals surface area contributed by atoms with Crippen molar-refractivity contribution < 1.29 is 14.3 Å². The van der Waals surface area contributed by atoms with Crippen molar-refractivity contribution in [3.05, 3.63) is 12.2 Å². The van der Waals surface area contributed by atoms with Gasteiger partial charge in [-0.1, -0.05) is 19.1 Å². The smallest absolute Gasteiger partial charge is 0.416 e. The molecule has 0 unspecified atom stereocenters. The maximum atomic E-state index is 11.6. The summed E-state index contributed by atoms with van der Waals surface area (Å²) in [4.78, 5) is 23.7. The largest absolute Gasteiger partial charge is 0.448 e. The van der Waals surface area contributed by atoms with E-state index in [0.717, 1.165) is 16.9 Å². The molecule has 2 amide bonds. The number of cyclic esters (lactones) is 1. The molecule has 0 bridgehead atoms. The van der Waals surface area contributed by atoms with E-state index in [0.29, 0.717) is 6.42 Å². The van der Waals surface area contributed by atoms with Gasteiger partial charge in [0.25, 0.3) is 0 Å². The maximum absolute atomic E-state index is 11.6. The summed E-state index contributed by atoms with van der Waals surface area (Å²) in [6.45, 7) is 5.85. The molecule has 0 spiro atoms. The molecule has 1 aliphatic rings. The first-order valence-corrected chi connectivity index (χ1v) is 4.97. The highest BCUT2D eigenvalue weighted by molar-refractivity contribution is 6.16. The van der Waals surface area contributed by atoms with Crippen molar-refractivity contribution in [2.24, 2.45) is 0 Å². The Morgan fingerprint density at radius 3 is 2.80 bits per heavy atom. The first-order valence-electron chi connectivity index (χ1n) is 4.97. The van der Waals surface area contributed by atoms with E-state index in [4.69, 9.17) is 7.85 Å². The van der Waals surface area contributed by atoms with Crippen molar-refractivity contribution in [2.45, 2.75) is 32.1 Å². The van der Waals surface area contributed by atoms with E-state index < -0.39 is 12.0 Å². The lowest BCUT2D eigenvalue weighted by atomic mass is 9.96. The van der Waals surface area contributed by atoms with Crippen LogP contribution in [0.5, 0.6) is 0 Å². The van der Waals surface area contributed by atoms with Crippen molar-refractivity contribution in [1.82, 2.24) is 4.90 Å². The molecule has 2 radical (unpaired) electrons. The van der Waals surface area contributed by atoms with Crippen LogP contribution in [0.2, 0.25) is 0 Å². The Kier molecular flexibility index (Phi) is 3.94. The SMILES string of the molecule is [B][C@@H]1COC(=O)N1C(=O)CCC(=C)CC. The summed E-state index contributed by atoms with van der Waals surface area (Å²) in [6.07, 6.45) is 1.04. The van der Waals surface area contributed by atoms with Gasteiger partial charge in [0.1, 0.15) is 14.5 Å². The first-order chi connectivity index (χ1) is 7.06. The van der Waals surface area contributed by atoms with Gasteiger partial charge < -0.3 is 4.74 Å². The van der Waals surface area contributed by atoms with Gasteiger partial charge in [0, 0.05) is 12.4 Å². The summed E-state index contributed by atoms with van der Waals surface area (Å²) in [5, 5.41) is 0. The van der Waals surface area contributed by atoms with Crippen molar-refractivity contribution in [1.29, 1.82) is 0 Å². The number of carbonyl (C=O) groups excluding carboxylic acids is 2. The number of carbonyl (C=O) groups is 2. The van der Waals surface area contributed by atoms with Crippen LogP contribution in [0, 0.1) is 0 Å². The zero-order valence-corrected chi connectivity index (χ0v) is 8.86. The predicted molar refractivity (Wildman–Crippen MR) is 56.4 cm³/mol. The van der Waals surface area contributed by atoms with E-state index in [1.54, 1.807) is 0 Å². The predicted octanol–water partition coefficient (Wildman–Crippen LogP) is 1.21. The second-order valence-corrected chi connectivity index (χ2v) is 3.51. The number of allylic oxidation sites excluding steroid dienone is 1. The number of hydrogen-bond donors (Lipinski definition) is 0. The standard InChI is InChI=1S/C10H14BNO3/c1-3-7(2)4-5-9(13)12-8(11)6-15-10(12)14/h8H,2-6H2,1H3/t8-/m0/s1. The molecule has 0 aromatic rings. The molecule has 0 aromatic heterocycles. The number of hydrogen-bond acceptors (Lipinski definition) is 3. The molecule has 4 nitrogen and oxygen atoms in total. The average molecular weight is 207 g/mol. The Morgan fingerprint density at radius 1 is 1.67 bits per heavy atom. The summed E-state index contributed by atoms with van der Waals surface area (Å²) >= 11 is 0. The third kappa shape index (κ3) is 2.84. The number of imide groups is 1. The monoisotopic (exact) mass is 207 g/mol. The van der Waals surface area contributed by atoms with E-state index in [-0.39, 0.29) is 18.9 Å². The summed E-state index contributed by atoms with van der Waals surface area (Å²) in [6, 6.07) is 0. The second kappa shape index (κ2) is 5.00. The number of ether oxygens (including phenoxy) is 1. The lowest BCUT2D eigenvalue weighted by Gasteiger charge is -2.16. The Hall–Kier alpha value is -1.26. The van der Waals surface area contributed by atoms with Gasteiger partial charge in [0.05, 0.1) is 0 Å². The van der Waals surface area contributed by atoms with Crippen LogP contribution in [-0.4, -0.2) is 37.3 Å². The zero-order valence-electron chi connectivity index (χ0n) is 8.86. The molecule has 0 aromatic carbocycles. The van der Waals surface area contributed by atoms with E-state index in [9.17, 15) is 9.59 Å². The third-order valence-corrected chi connectivity index (χ3v) is 2.37. The number of nitrogens with zero attached hydrogens (tertiary/aromatic N) is 1. The fraction of sp³-hybridized carbons (Fsp3) is 0.600. The summed E-state index contributed by atoms with van der Waals surface area (Å²) in [5.74, 6) is -0.931. The highest BCUT2D eigenvalue weighted by Gasteiger charge is 2.33. The molecule has 5 heteroatoms. The van der Waals surface area contributed by atoms with E-state index >= 15 is 0 Å². The minimum Gasteiger partial charge on any atom is -0.448 e. The minimum atomic E-state index is -0.644. The molecule has 1 aliphatic heterocycles. The van der Waals surface area contributed by atoms with Gasteiger partial charge in [-0.2, -0.15) is 0 Å². The molecule has 80 valence electrons. The van der Waals surface area contributed by atoms with E-state index in [1.807, 2.05) is 6.92 Å². The molecule has 0 saturated carbocycles. The van der Waals surface area contributed by atoms with Gasteiger partial charge in [-0.25, -0.2) is 4.79 Å². The van der Waals surface area contributed by atoms with Crippen LogP contribution < -0.4 is 0 Å². The van der Waals surface area contributed by atoms with Crippen LogP contribution >= 0.6 is 0 Å². The van der Waals surface area contributed by atoms with Crippen molar-refractivity contribution in [3.63, 3.8) is 0 Å². The summed E-state index contributed by atoms with van der Waals surface area (Å²) in [5.41, 5.74) is 0.990. The van der Waals surface area contributed by atoms with Crippen molar-refractivity contribution in [2.75, 3.05) is 6.61 Å². The normalized spacial score (nSPS) is 20.2. The van der Waals surface area contributed by atoms with Crippen LogP contribution in [-0.2, 0) is 9.53 Å². The van der Waals surface area contributed by atoms with Crippen molar-refractivity contribution >= 4 is 19.8 Å². The van der Waals surface area contributed by atoms with Crippen LogP contribution in [0.3, 0.4) is 0 Å². The Morgan fingerprint density at radius 2 is 2.33 bits per heavy atom.